The second-order valence-electron chi connectivity index (χ2n) is 12.4. The zero-order valence-corrected chi connectivity index (χ0v) is 25.1. The van der Waals surface area contributed by atoms with Gasteiger partial charge in [0.2, 0.25) is 11.7 Å². The molecule has 1 spiro atoms. The number of aromatic nitrogens is 5. The fourth-order valence-electron chi connectivity index (χ4n) is 5.56. The highest BCUT2D eigenvalue weighted by molar-refractivity contribution is 7.07. The van der Waals surface area contributed by atoms with E-state index in [4.69, 9.17) is 14.2 Å². The number of benzene rings is 1. The lowest BCUT2D eigenvalue weighted by Gasteiger charge is -2.27. The number of anilines is 1. The summed E-state index contributed by atoms with van der Waals surface area (Å²) in [5.74, 6) is 0.478. The number of carbonyl (C=O) groups excluding carboxylic acids is 2. The van der Waals surface area contributed by atoms with Crippen LogP contribution in [0.2, 0.25) is 0 Å². The van der Waals surface area contributed by atoms with Gasteiger partial charge in [0.05, 0.1) is 17.4 Å². The summed E-state index contributed by atoms with van der Waals surface area (Å²) >= 11 is 1.53. The van der Waals surface area contributed by atoms with Crippen molar-refractivity contribution in [1.29, 1.82) is 0 Å². The number of hydrogen-bond donors (Lipinski definition) is 1. The van der Waals surface area contributed by atoms with E-state index in [-0.39, 0.29) is 23.5 Å². The third-order valence-electron chi connectivity index (χ3n) is 8.04. The van der Waals surface area contributed by atoms with Gasteiger partial charge < -0.3 is 14.6 Å². The molecular formula is C31H31N7O4S. The molecule has 4 aromatic heterocycles. The smallest absolute Gasteiger partial charge is 0.410 e. The van der Waals surface area contributed by atoms with Crippen molar-refractivity contribution in [3.8, 4) is 22.6 Å². The zero-order valence-electron chi connectivity index (χ0n) is 24.3. The predicted molar refractivity (Wildman–Crippen MR) is 161 cm³/mol. The maximum absolute atomic E-state index is 13.4. The number of aryl methyl sites for hydroxylation is 1. The molecule has 11 nitrogen and oxygen atoms in total. The van der Waals surface area contributed by atoms with E-state index in [1.807, 2.05) is 69.6 Å². The topological polar surface area (TPSA) is 128 Å². The van der Waals surface area contributed by atoms with Crippen LogP contribution < -0.4 is 5.32 Å². The second-order valence-corrected chi connectivity index (χ2v) is 13.1. The van der Waals surface area contributed by atoms with Crippen LogP contribution in [0.15, 0.2) is 58.1 Å². The number of ether oxygens (including phenoxy) is 1. The van der Waals surface area contributed by atoms with Gasteiger partial charge in [-0.1, -0.05) is 17.3 Å². The Hall–Kier alpha value is -4.58. The number of fused-ring (bicyclic) bond motifs is 1. The van der Waals surface area contributed by atoms with Gasteiger partial charge in [-0.2, -0.15) is 4.98 Å². The van der Waals surface area contributed by atoms with Crippen molar-refractivity contribution in [2.24, 2.45) is 5.41 Å². The predicted octanol–water partition coefficient (Wildman–Crippen LogP) is 6.53. The molecule has 0 unspecified atom stereocenters. The van der Waals surface area contributed by atoms with Gasteiger partial charge in [-0.15, -0.1) is 11.3 Å². The quantitative estimate of drug-likeness (QED) is 0.242. The molecule has 0 bridgehead atoms. The first-order chi connectivity index (χ1) is 20.6. The number of hydrogen-bond acceptors (Lipinski definition) is 9. The average Bonchev–Trinajstić information content (AvgIpc) is 3.48. The van der Waals surface area contributed by atoms with E-state index >= 15 is 0 Å². The first kappa shape index (κ1) is 27.3. The molecule has 43 heavy (non-hydrogen) atoms. The fourth-order valence-corrected chi connectivity index (χ4v) is 6.12. The van der Waals surface area contributed by atoms with Crippen LogP contribution in [0.4, 0.5) is 10.5 Å². The third kappa shape index (κ3) is 5.27. The van der Waals surface area contributed by atoms with Crippen LogP contribution in [0.1, 0.15) is 68.0 Å². The van der Waals surface area contributed by atoms with E-state index in [0.29, 0.717) is 40.9 Å². The van der Waals surface area contributed by atoms with Crippen LogP contribution in [0, 0.1) is 12.3 Å². The molecule has 1 saturated carbocycles. The van der Waals surface area contributed by atoms with Gasteiger partial charge in [0.1, 0.15) is 23.0 Å². The van der Waals surface area contributed by atoms with Crippen molar-refractivity contribution in [3.63, 3.8) is 0 Å². The molecule has 220 valence electrons. The summed E-state index contributed by atoms with van der Waals surface area (Å²) in [6.07, 6.45) is 5.94. The number of pyridine rings is 1. The Labute approximate surface area is 251 Å². The van der Waals surface area contributed by atoms with Crippen molar-refractivity contribution in [2.75, 3.05) is 11.9 Å². The minimum Gasteiger partial charge on any atom is -0.444 e. The summed E-state index contributed by atoms with van der Waals surface area (Å²) in [6.45, 7) is 8.12. The van der Waals surface area contributed by atoms with E-state index in [1.165, 1.54) is 11.3 Å². The Morgan fingerprint density at radius 1 is 1.14 bits per heavy atom. The molecule has 5 aromatic rings. The number of imidazole rings is 1. The number of amides is 2. The molecule has 12 heteroatoms. The van der Waals surface area contributed by atoms with Crippen LogP contribution >= 0.6 is 11.3 Å². The number of rotatable bonds is 5. The summed E-state index contributed by atoms with van der Waals surface area (Å²) in [7, 11) is 0. The van der Waals surface area contributed by atoms with Crippen LogP contribution in [0.25, 0.3) is 28.3 Å². The Morgan fingerprint density at radius 2 is 1.98 bits per heavy atom. The molecule has 2 fully saturated rings. The monoisotopic (exact) mass is 597 g/mol. The SMILES string of the molecule is Cc1ccc(-c2noc([C@@H]3CC4(CC4)CN3C(=O)OC(C)(C)C)n2)cc1NC(=O)c1cnc2cc(-c3cscn3)ccn12. The van der Waals surface area contributed by atoms with Gasteiger partial charge in [0, 0.05) is 34.9 Å². The zero-order chi connectivity index (χ0) is 29.9. The summed E-state index contributed by atoms with van der Waals surface area (Å²) < 4.78 is 13.1. The third-order valence-corrected chi connectivity index (χ3v) is 8.62. The molecule has 2 aliphatic rings. The van der Waals surface area contributed by atoms with Crippen LogP contribution in [-0.4, -0.2) is 53.6 Å². The summed E-state index contributed by atoms with van der Waals surface area (Å²) in [6, 6.07) is 9.10. The van der Waals surface area contributed by atoms with Gasteiger partial charge in [-0.3, -0.25) is 14.1 Å². The largest absolute Gasteiger partial charge is 0.444 e. The molecule has 5 heterocycles. The molecule has 1 saturated heterocycles. The summed E-state index contributed by atoms with van der Waals surface area (Å²) in [5, 5.41) is 9.23. The molecule has 2 amide bonds. The van der Waals surface area contributed by atoms with Crippen molar-refractivity contribution in [3.05, 3.63) is 70.8 Å². The van der Waals surface area contributed by atoms with Crippen LogP contribution in [0.5, 0.6) is 0 Å². The Morgan fingerprint density at radius 3 is 2.72 bits per heavy atom. The highest BCUT2D eigenvalue weighted by Crippen LogP contribution is 2.58. The molecule has 7 rings (SSSR count). The number of nitrogens with one attached hydrogen (secondary N) is 1. The second kappa shape index (κ2) is 10.0. The van der Waals surface area contributed by atoms with E-state index in [2.05, 4.69) is 20.4 Å². The van der Waals surface area contributed by atoms with Gasteiger partial charge >= 0.3 is 6.09 Å². The minimum absolute atomic E-state index is 0.109. The van der Waals surface area contributed by atoms with E-state index in [9.17, 15) is 9.59 Å². The van der Waals surface area contributed by atoms with E-state index in [1.54, 1.807) is 21.0 Å². The number of nitrogens with zero attached hydrogens (tertiary/aromatic N) is 6. The highest BCUT2D eigenvalue weighted by Gasteiger charge is 2.55. The van der Waals surface area contributed by atoms with Crippen molar-refractivity contribution >= 4 is 34.7 Å². The minimum atomic E-state index is -0.600. The van der Waals surface area contributed by atoms with Crippen LogP contribution in [-0.2, 0) is 4.74 Å². The first-order valence-electron chi connectivity index (χ1n) is 14.2. The molecule has 0 radical (unpaired) electrons. The molecule has 1 aliphatic carbocycles. The van der Waals surface area contributed by atoms with Gasteiger partial charge in [0.25, 0.3) is 5.91 Å². The number of carbonyl (C=O) groups is 2. The number of thiazole rings is 1. The molecular weight excluding hydrogens is 566 g/mol. The van der Waals surface area contributed by atoms with Crippen LogP contribution in [0.3, 0.4) is 0 Å². The van der Waals surface area contributed by atoms with Crippen molar-refractivity contribution in [1.82, 2.24) is 29.4 Å². The van der Waals surface area contributed by atoms with Gasteiger partial charge in [-0.25, -0.2) is 14.8 Å². The van der Waals surface area contributed by atoms with Crippen molar-refractivity contribution < 1.29 is 18.8 Å². The summed E-state index contributed by atoms with van der Waals surface area (Å²) in [5.41, 5.74) is 6.35. The Balaban J connectivity index is 1.11. The maximum atomic E-state index is 13.4. The van der Waals surface area contributed by atoms with E-state index in [0.717, 1.165) is 36.1 Å². The molecule has 1 aliphatic heterocycles. The Kier molecular flexibility index (Phi) is 6.35. The standard InChI is InChI=1S/C31H31N7O4S/c1-18-5-6-20(26-35-28(42-36-26)23-13-31(8-9-31)16-38(23)29(40)41-30(2,3)4)11-21(18)34-27(39)24-14-32-25-12-19(7-10-37(24)25)22-15-43-17-33-22/h5-7,10-12,14-15,17,23H,8-9,13,16H2,1-4H3,(H,34,39)/t23-/m0/s1. The lowest BCUT2D eigenvalue weighted by molar-refractivity contribution is 0.0193. The molecule has 1 N–H and O–H groups in total. The first-order valence-corrected chi connectivity index (χ1v) is 15.1. The Bertz CT molecular complexity index is 1850. The van der Waals surface area contributed by atoms with Gasteiger partial charge in [0.15, 0.2) is 0 Å². The average molecular weight is 598 g/mol. The van der Waals surface area contributed by atoms with Crippen molar-refractivity contribution in [2.45, 2.75) is 58.6 Å². The maximum Gasteiger partial charge on any atom is 0.410 e. The molecule has 1 aromatic carbocycles. The van der Waals surface area contributed by atoms with E-state index < -0.39 is 5.60 Å². The molecule has 1 atom stereocenters. The normalized spacial score (nSPS) is 17.5. The van der Waals surface area contributed by atoms with Gasteiger partial charge in [-0.05, 0) is 76.1 Å². The summed E-state index contributed by atoms with van der Waals surface area (Å²) in [4.78, 5) is 41.6. The lowest BCUT2D eigenvalue weighted by Crippen LogP contribution is -2.37. The lowest BCUT2D eigenvalue weighted by atomic mass is 10.0. The highest BCUT2D eigenvalue weighted by atomic mass is 32.1. The fraction of sp³-hybridized carbons (Fsp3) is 0.355. The number of likely N-dealkylation sites (tertiary alicyclic amines) is 1.